The predicted molar refractivity (Wildman–Crippen MR) is 114 cm³/mol. The van der Waals surface area contributed by atoms with Crippen molar-refractivity contribution in [2.24, 2.45) is 0 Å². The van der Waals surface area contributed by atoms with E-state index in [0.717, 1.165) is 22.3 Å². The Balaban J connectivity index is 1.81. The Hall–Kier alpha value is -3.94. The van der Waals surface area contributed by atoms with Crippen LogP contribution in [0.5, 0.6) is 23.0 Å². The van der Waals surface area contributed by atoms with Crippen molar-refractivity contribution in [2.45, 2.75) is 0 Å². The van der Waals surface area contributed by atoms with E-state index in [4.69, 9.17) is 24.7 Å². The zero-order valence-electron chi connectivity index (χ0n) is 17.2. The highest BCUT2D eigenvalue weighted by Gasteiger charge is 2.16. The molecule has 4 aromatic rings. The molecule has 8 nitrogen and oxygen atoms in total. The molecule has 2 heterocycles. The van der Waals surface area contributed by atoms with E-state index in [9.17, 15) is 0 Å². The molecule has 0 fully saturated rings. The molecular weight excluding hydrogens is 384 g/mol. The lowest BCUT2D eigenvalue weighted by Gasteiger charge is -2.12. The molecule has 0 bridgehead atoms. The van der Waals surface area contributed by atoms with E-state index < -0.39 is 0 Å². The van der Waals surface area contributed by atoms with E-state index in [-0.39, 0.29) is 0 Å². The fourth-order valence-corrected chi connectivity index (χ4v) is 3.38. The molecule has 0 saturated carbocycles. The van der Waals surface area contributed by atoms with Crippen LogP contribution in [0.15, 0.2) is 48.8 Å². The number of ether oxygens (including phenoxy) is 4. The Bertz CT molecular complexity index is 1220. The van der Waals surface area contributed by atoms with Crippen LogP contribution in [0.1, 0.15) is 0 Å². The first-order chi connectivity index (χ1) is 14.6. The van der Waals surface area contributed by atoms with Gasteiger partial charge in [0, 0.05) is 17.3 Å². The molecule has 30 heavy (non-hydrogen) atoms. The van der Waals surface area contributed by atoms with Crippen LogP contribution in [0.25, 0.3) is 27.9 Å². The molecule has 2 aromatic carbocycles. The number of anilines is 1. The van der Waals surface area contributed by atoms with Crippen LogP contribution in [-0.4, -0.2) is 43.0 Å². The zero-order chi connectivity index (χ0) is 21.3. The molecule has 2 N–H and O–H groups in total. The van der Waals surface area contributed by atoms with Gasteiger partial charge in [0.1, 0.15) is 5.82 Å². The number of fused-ring (bicyclic) bond motifs is 1. The van der Waals surface area contributed by atoms with Gasteiger partial charge >= 0.3 is 0 Å². The van der Waals surface area contributed by atoms with Crippen molar-refractivity contribution in [1.82, 2.24) is 14.6 Å². The van der Waals surface area contributed by atoms with Crippen LogP contribution in [-0.2, 0) is 0 Å². The molecule has 0 aliphatic carbocycles. The van der Waals surface area contributed by atoms with Gasteiger partial charge in [0.05, 0.1) is 34.6 Å². The maximum absolute atomic E-state index is 6.45. The summed E-state index contributed by atoms with van der Waals surface area (Å²) in [6, 6.07) is 11.2. The second-order valence-corrected chi connectivity index (χ2v) is 6.49. The minimum atomic E-state index is 0.471. The summed E-state index contributed by atoms with van der Waals surface area (Å²) < 4.78 is 23.1. The van der Waals surface area contributed by atoms with Gasteiger partial charge in [0.25, 0.3) is 0 Å². The molecule has 0 saturated heterocycles. The largest absolute Gasteiger partial charge is 0.493 e. The van der Waals surface area contributed by atoms with Crippen LogP contribution >= 0.6 is 0 Å². The van der Waals surface area contributed by atoms with Crippen molar-refractivity contribution in [1.29, 1.82) is 0 Å². The quantitative estimate of drug-likeness (QED) is 0.522. The number of rotatable bonds is 6. The first-order valence-electron chi connectivity index (χ1n) is 9.18. The average molecular weight is 406 g/mol. The summed E-state index contributed by atoms with van der Waals surface area (Å²) in [5.41, 5.74) is 10.4. The summed E-state index contributed by atoms with van der Waals surface area (Å²) in [7, 11) is 6.39. The van der Waals surface area contributed by atoms with Crippen LogP contribution in [0.3, 0.4) is 0 Å². The van der Waals surface area contributed by atoms with E-state index in [1.54, 1.807) is 45.3 Å². The molecule has 0 atom stereocenters. The highest BCUT2D eigenvalue weighted by Crippen LogP contribution is 2.37. The number of methoxy groups -OCH3 is 4. The summed E-state index contributed by atoms with van der Waals surface area (Å²) in [6.45, 7) is 0. The lowest BCUT2D eigenvalue weighted by molar-refractivity contribution is 0.355. The Labute approximate surface area is 173 Å². The lowest BCUT2D eigenvalue weighted by Crippen LogP contribution is -2.03. The van der Waals surface area contributed by atoms with Crippen molar-refractivity contribution >= 4 is 11.5 Å². The van der Waals surface area contributed by atoms with Crippen molar-refractivity contribution in [3.05, 3.63) is 48.8 Å². The summed E-state index contributed by atoms with van der Waals surface area (Å²) in [6.07, 6.45) is 3.47. The summed E-state index contributed by atoms with van der Waals surface area (Å²) in [5.74, 6) is 3.01. The van der Waals surface area contributed by atoms with E-state index in [0.29, 0.717) is 34.5 Å². The third kappa shape index (κ3) is 3.12. The average Bonchev–Trinajstić information content (AvgIpc) is 3.23. The predicted octanol–water partition coefficient (Wildman–Crippen LogP) is 3.68. The van der Waals surface area contributed by atoms with Gasteiger partial charge in [-0.1, -0.05) is 12.1 Å². The molecule has 0 radical (unpaired) electrons. The van der Waals surface area contributed by atoms with Gasteiger partial charge in [-0.15, -0.1) is 0 Å². The fourth-order valence-electron chi connectivity index (χ4n) is 3.38. The highest BCUT2D eigenvalue weighted by atomic mass is 16.5. The second-order valence-electron chi connectivity index (χ2n) is 6.49. The minimum Gasteiger partial charge on any atom is -0.493 e. The molecule has 0 aliphatic heterocycles. The molecule has 154 valence electrons. The van der Waals surface area contributed by atoms with E-state index in [2.05, 4.69) is 10.1 Å². The van der Waals surface area contributed by atoms with Crippen LogP contribution in [0, 0.1) is 0 Å². The maximum Gasteiger partial charge on any atom is 0.165 e. The minimum absolute atomic E-state index is 0.471. The van der Waals surface area contributed by atoms with E-state index in [1.165, 1.54) is 0 Å². The smallest absolute Gasteiger partial charge is 0.165 e. The van der Waals surface area contributed by atoms with Crippen LogP contribution in [0.4, 0.5) is 5.82 Å². The van der Waals surface area contributed by atoms with Gasteiger partial charge in [-0.25, -0.2) is 4.98 Å². The summed E-state index contributed by atoms with van der Waals surface area (Å²) in [4.78, 5) is 4.63. The number of nitrogen functional groups attached to an aromatic ring is 1. The van der Waals surface area contributed by atoms with Crippen LogP contribution < -0.4 is 24.7 Å². The number of hydrogen-bond donors (Lipinski definition) is 1. The number of hydrogen-bond acceptors (Lipinski definition) is 7. The topological polar surface area (TPSA) is 93.1 Å². The number of nitrogens with zero attached hydrogens (tertiary/aromatic N) is 3. The monoisotopic (exact) mass is 406 g/mol. The Morgan fingerprint density at radius 2 is 1.23 bits per heavy atom. The molecule has 8 heteroatoms. The van der Waals surface area contributed by atoms with E-state index >= 15 is 0 Å². The molecule has 0 spiro atoms. The maximum atomic E-state index is 6.45. The number of aromatic nitrogens is 3. The number of benzene rings is 2. The highest BCUT2D eigenvalue weighted by molar-refractivity contribution is 5.83. The molecular formula is C22H22N4O4. The van der Waals surface area contributed by atoms with Gasteiger partial charge < -0.3 is 24.7 Å². The van der Waals surface area contributed by atoms with Crippen molar-refractivity contribution in [3.63, 3.8) is 0 Å². The normalized spacial score (nSPS) is 10.8. The molecule has 0 aliphatic rings. The van der Waals surface area contributed by atoms with Crippen molar-refractivity contribution in [2.75, 3.05) is 34.2 Å². The van der Waals surface area contributed by atoms with Gasteiger partial charge in [-0.3, -0.25) is 0 Å². The van der Waals surface area contributed by atoms with Crippen molar-refractivity contribution < 1.29 is 18.9 Å². The van der Waals surface area contributed by atoms with Gasteiger partial charge in [0.2, 0.25) is 0 Å². The van der Waals surface area contributed by atoms with Gasteiger partial charge in [-0.2, -0.15) is 9.61 Å². The zero-order valence-corrected chi connectivity index (χ0v) is 17.2. The third-order valence-corrected chi connectivity index (χ3v) is 4.95. The SMILES string of the molecule is COc1ccc(-c2cnc3c(-c4ccc(OC)c(OC)c4)cnn3c2N)cc1OC. The first-order valence-corrected chi connectivity index (χ1v) is 9.18. The molecule has 0 unspecified atom stereocenters. The van der Waals surface area contributed by atoms with Crippen LogP contribution in [0.2, 0.25) is 0 Å². The third-order valence-electron chi connectivity index (χ3n) is 4.95. The molecule has 0 amide bonds. The Morgan fingerprint density at radius 3 is 1.77 bits per heavy atom. The van der Waals surface area contributed by atoms with Gasteiger partial charge in [0.15, 0.2) is 28.6 Å². The standard InChI is InChI=1S/C22H22N4O4/c1-27-17-7-5-13(9-19(17)29-3)15-11-24-22-16(12-25-26(22)21(15)23)14-6-8-18(28-2)20(10-14)30-4/h5-12H,23H2,1-4H3. The Morgan fingerprint density at radius 1 is 0.700 bits per heavy atom. The molecule has 2 aromatic heterocycles. The summed E-state index contributed by atoms with van der Waals surface area (Å²) in [5, 5.41) is 4.46. The number of nitrogens with two attached hydrogens (primary N) is 1. The lowest BCUT2D eigenvalue weighted by atomic mass is 10.1. The Kier molecular flexibility index (Phi) is 5.05. The van der Waals surface area contributed by atoms with Crippen molar-refractivity contribution in [3.8, 4) is 45.3 Å². The summed E-state index contributed by atoms with van der Waals surface area (Å²) >= 11 is 0. The van der Waals surface area contributed by atoms with Gasteiger partial charge in [-0.05, 0) is 35.4 Å². The fraction of sp³-hybridized carbons (Fsp3) is 0.182. The first kappa shape index (κ1) is 19.4. The molecule has 4 rings (SSSR count). The second kappa shape index (κ2) is 7.82. The van der Waals surface area contributed by atoms with E-state index in [1.807, 2.05) is 36.4 Å².